The van der Waals surface area contributed by atoms with E-state index in [9.17, 15) is 31.1 Å². The Morgan fingerprint density at radius 1 is 0.925 bits per heavy atom. The van der Waals surface area contributed by atoms with Crippen LogP contribution in [0.1, 0.15) is 68.9 Å². The molecule has 2 heterocycles. The minimum Gasteiger partial charge on any atom is -0.490 e. The highest BCUT2D eigenvalue weighted by Gasteiger charge is 2.43. The number of nitrogens with zero attached hydrogens (tertiary/aromatic N) is 1. The van der Waals surface area contributed by atoms with Crippen LogP contribution in [0, 0.1) is 11.8 Å². The molecule has 2 saturated heterocycles. The van der Waals surface area contributed by atoms with Gasteiger partial charge in [0.15, 0.2) is 0 Å². The second-order valence-corrected chi connectivity index (χ2v) is 11.5. The molecule has 2 bridgehead atoms. The molecule has 5 rings (SSSR count). The number of alkyl halides is 6. The molecule has 0 amide bonds. The summed E-state index contributed by atoms with van der Waals surface area (Å²) in [6.07, 6.45) is -4.40. The first-order valence-corrected chi connectivity index (χ1v) is 14.1. The lowest BCUT2D eigenvalue weighted by Crippen LogP contribution is -2.53. The largest absolute Gasteiger partial charge is 0.490 e. The molecular weight excluding hydrogens is 536 g/mol. The highest BCUT2D eigenvalue weighted by atomic mass is 19.4. The maximum absolute atomic E-state index is 14.2. The van der Waals surface area contributed by atoms with Crippen molar-refractivity contribution < 1.29 is 40.6 Å². The summed E-state index contributed by atoms with van der Waals surface area (Å²) >= 11 is 0. The van der Waals surface area contributed by atoms with Gasteiger partial charge in [-0.25, -0.2) is 0 Å². The molecule has 0 spiro atoms. The van der Waals surface area contributed by atoms with Gasteiger partial charge in [0, 0.05) is 18.6 Å². The Bertz CT molecular complexity index is 1190. The molecule has 2 aromatic rings. The Morgan fingerprint density at radius 2 is 1.60 bits per heavy atom. The van der Waals surface area contributed by atoms with E-state index in [1.165, 1.54) is 19.2 Å². The predicted molar refractivity (Wildman–Crippen MR) is 138 cm³/mol. The summed E-state index contributed by atoms with van der Waals surface area (Å²) in [5, 5.41) is 0.469. The average Bonchev–Trinajstić information content (AvgIpc) is 2.89. The molecule has 40 heavy (non-hydrogen) atoms. The average molecular weight is 572 g/mol. The predicted octanol–water partition coefficient (Wildman–Crippen LogP) is 7.71. The summed E-state index contributed by atoms with van der Waals surface area (Å²) in [6.45, 7) is 0.767. The van der Waals surface area contributed by atoms with Gasteiger partial charge in [-0.15, -0.1) is 0 Å². The number of carbonyl (C=O) groups excluding carboxylic acids is 1. The maximum atomic E-state index is 14.2. The first-order chi connectivity index (χ1) is 18.9. The van der Waals surface area contributed by atoms with Crippen LogP contribution in [-0.2, 0) is 22.1 Å². The van der Waals surface area contributed by atoms with Gasteiger partial charge in [-0.05, 0) is 80.2 Å². The summed E-state index contributed by atoms with van der Waals surface area (Å²) in [4.78, 5) is 14.6. The van der Waals surface area contributed by atoms with E-state index in [1.54, 1.807) is 18.2 Å². The summed E-state index contributed by atoms with van der Waals surface area (Å²) in [7, 11) is 1.42. The van der Waals surface area contributed by atoms with E-state index in [2.05, 4.69) is 4.90 Å². The molecule has 1 aliphatic carbocycles. The van der Waals surface area contributed by atoms with Crippen LogP contribution in [0.2, 0.25) is 0 Å². The van der Waals surface area contributed by atoms with Gasteiger partial charge in [-0.3, -0.25) is 9.69 Å². The zero-order valence-electron chi connectivity index (χ0n) is 22.5. The van der Waals surface area contributed by atoms with Crippen molar-refractivity contribution in [2.75, 3.05) is 13.7 Å². The van der Waals surface area contributed by atoms with Gasteiger partial charge in [0.05, 0.1) is 25.0 Å². The number of fused-ring (bicyclic) bond motifs is 3. The van der Waals surface area contributed by atoms with Gasteiger partial charge < -0.3 is 9.47 Å². The number of hydrogen-bond acceptors (Lipinski definition) is 4. The number of esters is 1. The molecule has 2 unspecified atom stereocenters. The van der Waals surface area contributed by atoms with Crippen molar-refractivity contribution in [3.63, 3.8) is 0 Å². The van der Waals surface area contributed by atoms with Crippen LogP contribution in [0.25, 0.3) is 10.8 Å². The van der Waals surface area contributed by atoms with E-state index >= 15 is 0 Å². The minimum absolute atomic E-state index is 0.0217. The molecule has 0 radical (unpaired) electrons. The van der Waals surface area contributed by atoms with Crippen LogP contribution >= 0.6 is 0 Å². The molecule has 0 N–H and O–H groups in total. The van der Waals surface area contributed by atoms with E-state index in [1.807, 2.05) is 0 Å². The van der Waals surface area contributed by atoms with Crippen molar-refractivity contribution in [1.82, 2.24) is 4.90 Å². The smallest absolute Gasteiger partial charge is 0.420 e. The Morgan fingerprint density at radius 3 is 2.20 bits per heavy atom. The summed E-state index contributed by atoms with van der Waals surface area (Å²) in [5.41, 5.74) is 0.0434. The number of rotatable bonds is 6. The van der Waals surface area contributed by atoms with Gasteiger partial charge in [-0.2, -0.15) is 26.3 Å². The normalized spacial score (nSPS) is 27.9. The fraction of sp³-hybridized carbons (Fsp3) is 0.633. The van der Waals surface area contributed by atoms with Crippen molar-refractivity contribution >= 4 is 16.7 Å². The van der Waals surface area contributed by atoms with Gasteiger partial charge in [0.25, 0.3) is 0 Å². The van der Waals surface area contributed by atoms with Crippen LogP contribution in [-0.4, -0.2) is 48.9 Å². The molecular formula is C30H35F6NO3. The van der Waals surface area contributed by atoms with Crippen molar-refractivity contribution in [3.8, 4) is 5.75 Å². The van der Waals surface area contributed by atoms with E-state index in [-0.39, 0.29) is 48.7 Å². The molecule has 2 aromatic carbocycles. The fourth-order valence-corrected chi connectivity index (χ4v) is 7.05. The van der Waals surface area contributed by atoms with E-state index in [4.69, 9.17) is 9.47 Å². The number of hydrogen-bond donors (Lipinski definition) is 0. The quantitative estimate of drug-likeness (QED) is 0.263. The standard InChI is InChI=1S/C30H35F6NO3/c1-39-28(38)20-16-22-3-2-4-23(17-20)37(22)14-13-18-5-11-25-19(15-18)6-12-26(27(25)30(34,35)36)40-24-9-7-21(8-10-24)29(31,32)33/h5-6,11-12,15,20-24H,2-4,7-10,13-14,16-17H2,1H3/t20?,21-,22-,23?,24+/m1/s1. The Kier molecular flexibility index (Phi) is 8.28. The topological polar surface area (TPSA) is 38.8 Å². The summed E-state index contributed by atoms with van der Waals surface area (Å²) in [6, 6.07) is 8.48. The van der Waals surface area contributed by atoms with Crippen molar-refractivity contribution in [3.05, 3.63) is 41.5 Å². The molecule has 3 fully saturated rings. The molecule has 0 aromatic heterocycles. The first kappa shape index (κ1) is 29.0. The van der Waals surface area contributed by atoms with Crippen LogP contribution in [0.3, 0.4) is 0 Å². The molecule has 1 saturated carbocycles. The zero-order valence-corrected chi connectivity index (χ0v) is 22.5. The lowest BCUT2D eigenvalue weighted by molar-refractivity contribution is -0.185. The number of carbonyl (C=O) groups is 1. The van der Waals surface area contributed by atoms with Crippen LogP contribution in [0.5, 0.6) is 5.75 Å². The van der Waals surface area contributed by atoms with Gasteiger partial charge in [0.1, 0.15) is 11.3 Å². The van der Waals surface area contributed by atoms with Crippen LogP contribution in [0.4, 0.5) is 26.3 Å². The number of piperidine rings is 2. The Hall–Kier alpha value is -2.49. The highest BCUT2D eigenvalue weighted by molar-refractivity contribution is 5.89. The molecule has 3 aliphatic rings. The zero-order chi connectivity index (χ0) is 28.7. The van der Waals surface area contributed by atoms with E-state index in [0.717, 1.165) is 44.2 Å². The summed E-state index contributed by atoms with van der Waals surface area (Å²) < 4.78 is 92.3. The van der Waals surface area contributed by atoms with Crippen LogP contribution in [0.15, 0.2) is 30.3 Å². The molecule has 10 heteroatoms. The third-order valence-corrected chi connectivity index (χ3v) is 9.08. The van der Waals surface area contributed by atoms with Crippen molar-refractivity contribution in [2.45, 2.75) is 94.7 Å². The lowest BCUT2D eigenvalue weighted by atomic mass is 9.78. The maximum Gasteiger partial charge on any atom is 0.420 e. The molecule has 220 valence electrons. The van der Waals surface area contributed by atoms with E-state index in [0.29, 0.717) is 23.9 Å². The Labute approximate surface area is 230 Å². The molecule has 3 atom stereocenters. The Balaban J connectivity index is 1.29. The number of methoxy groups -OCH3 is 1. The highest BCUT2D eigenvalue weighted by Crippen LogP contribution is 2.44. The fourth-order valence-electron chi connectivity index (χ4n) is 7.05. The monoisotopic (exact) mass is 571 g/mol. The van der Waals surface area contributed by atoms with Crippen LogP contribution < -0.4 is 4.74 Å². The van der Waals surface area contributed by atoms with Crippen molar-refractivity contribution in [2.24, 2.45) is 11.8 Å². The second kappa shape index (κ2) is 11.4. The number of halogens is 6. The minimum atomic E-state index is -4.68. The SMILES string of the molecule is COC(=O)C1CC2CCC[C@H](C1)N2CCc1ccc2c(C(F)(F)F)c(O[C@H]3CC[C@@H](C(F)(F)F)CC3)ccc2c1. The molecule has 2 aliphatic heterocycles. The third-order valence-electron chi connectivity index (χ3n) is 9.08. The van der Waals surface area contributed by atoms with Gasteiger partial charge in [-0.1, -0.05) is 30.7 Å². The van der Waals surface area contributed by atoms with E-state index < -0.39 is 29.9 Å². The number of benzene rings is 2. The lowest BCUT2D eigenvalue weighted by Gasteiger charge is -2.48. The summed E-state index contributed by atoms with van der Waals surface area (Å²) in [5.74, 6) is -1.98. The van der Waals surface area contributed by atoms with Gasteiger partial charge >= 0.3 is 18.3 Å². The molecule has 4 nitrogen and oxygen atoms in total. The number of ether oxygens (including phenoxy) is 2. The van der Waals surface area contributed by atoms with Crippen molar-refractivity contribution in [1.29, 1.82) is 0 Å². The third kappa shape index (κ3) is 6.21. The van der Waals surface area contributed by atoms with Gasteiger partial charge in [0.2, 0.25) is 0 Å². The first-order valence-electron chi connectivity index (χ1n) is 14.1. The second-order valence-electron chi connectivity index (χ2n) is 11.5.